The van der Waals surface area contributed by atoms with Gasteiger partial charge in [0.05, 0.1) is 6.04 Å². The van der Waals surface area contributed by atoms with Gasteiger partial charge in [-0.15, -0.1) is 12.4 Å². The predicted octanol–water partition coefficient (Wildman–Crippen LogP) is 1.12. The summed E-state index contributed by atoms with van der Waals surface area (Å²) in [6.07, 6.45) is 0.426. The lowest BCUT2D eigenvalue weighted by Crippen LogP contribution is -2.38. The Labute approximate surface area is 93.8 Å². The lowest BCUT2D eigenvalue weighted by molar-refractivity contribution is -0.119. The third-order valence-electron chi connectivity index (χ3n) is 1.71. The third-order valence-corrected chi connectivity index (χ3v) is 1.95. The van der Waals surface area contributed by atoms with E-state index >= 15 is 0 Å². The van der Waals surface area contributed by atoms with E-state index in [1.807, 2.05) is 12.1 Å². The number of nitrogens with two attached hydrogens (primary N) is 2. The molecule has 1 atom stereocenters. The minimum Gasteiger partial charge on any atom is -0.368 e. The molecule has 0 saturated heterocycles. The van der Waals surface area contributed by atoms with Gasteiger partial charge in [-0.05, 0) is 24.1 Å². The number of halogens is 2. The second-order valence-corrected chi connectivity index (χ2v) is 3.28. The molecule has 3 nitrogen and oxygen atoms in total. The highest BCUT2D eigenvalue weighted by atomic mass is 35.5. The predicted molar refractivity (Wildman–Crippen MR) is 59.6 cm³/mol. The lowest BCUT2D eigenvalue weighted by Gasteiger charge is -2.06. The van der Waals surface area contributed by atoms with E-state index in [1.54, 1.807) is 12.1 Å². The Morgan fingerprint density at radius 1 is 1.50 bits per heavy atom. The van der Waals surface area contributed by atoms with E-state index < -0.39 is 11.9 Å². The molecule has 0 aliphatic carbocycles. The standard InChI is InChI=1S/C9H11ClN2O.ClH/c10-7-3-1-2-6(4-7)5-8(11)9(12)13;/h1-4,8H,5,11H2,(H2,12,13);1H/t8-;/m1./s1. The highest BCUT2D eigenvalue weighted by Gasteiger charge is 2.09. The van der Waals surface area contributed by atoms with Crippen molar-refractivity contribution in [3.8, 4) is 0 Å². The van der Waals surface area contributed by atoms with Crippen LogP contribution in [0.15, 0.2) is 24.3 Å². The Hall–Kier alpha value is -0.770. The van der Waals surface area contributed by atoms with E-state index in [9.17, 15) is 4.79 Å². The zero-order valence-electron chi connectivity index (χ0n) is 7.44. The first-order valence-electron chi connectivity index (χ1n) is 3.89. The Morgan fingerprint density at radius 2 is 2.14 bits per heavy atom. The van der Waals surface area contributed by atoms with E-state index in [4.69, 9.17) is 23.1 Å². The normalized spacial score (nSPS) is 11.6. The zero-order chi connectivity index (χ0) is 9.84. The summed E-state index contributed by atoms with van der Waals surface area (Å²) in [5, 5.41) is 0.633. The van der Waals surface area contributed by atoms with Crippen molar-refractivity contribution < 1.29 is 4.79 Å². The Balaban J connectivity index is 0.00000169. The second-order valence-electron chi connectivity index (χ2n) is 2.84. The first kappa shape index (κ1) is 13.2. The largest absolute Gasteiger partial charge is 0.368 e. The van der Waals surface area contributed by atoms with Gasteiger partial charge in [0.1, 0.15) is 0 Å². The summed E-state index contributed by atoms with van der Waals surface area (Å²) in [6, 6.07) is 6.56. The topological polar surface area (TPSA) is 69.1 Å². The minimum atomic E-state index is -0.640. The van der Waals surface area contributed by atoms with Gasteiger partial charge in [0.2, 0.25) is 5.91 Å². The number of primary amides is 1. The highest BCUT2D eigenvalue weighted by molar-refractivity contribution is 6.30. The molecular weight excluding hydrogens is 223 g/mol. The summed E-state index contributed by atoms with van der Waals surface area (Å²) in [7, 11) is 0. The maximum Gasteiger partial charge on any atom is 0.234 e. The van der Waals surface area contributed by atoms with Crippen molar-refractivity contribution in [2.45, 2.75) is 12.5 Å². The number of carbonyl (C=O) groups excluding carboxylic acids is 1. The van der Waals surface area contributed by atoms with Gasteiger partial charge in [-0.3, -0.25) is 4.79 Å². The van der Waals surface area contributed by atoms with Crippen molar-refractivity contribution >= 4 is 29.9 Å². The van der Waals surface area contributed by atoms with Crippen molar-refractivity contribution in [1.82, 2.24) is 0 Å². The van der Waals surface area contributed by atoms with Crippen LogP contribution in [0.3, 0.4) is 0 Å². The minimum absolute atomic E-state index is 0. The lowest BCUT2D eigenvalue weighted by atomic mass is 10.1. The van der Waals surface area contributed by atoms with E-state index in [0.717, 1.165) is 5.56 Å². The average Bonchev–Trinajstić information content (AvgIpc) is 2.04. The van der Waals surface area contributed by atoms with Gasteiger partial charge in [0.25, 0.3) is 0 Å². The summed E-state index contributed by atoms with van der Waals surface area (Å²) < 4.78 is 0. The number of hydrogen-bond donors (Lipinski definition) is 2. The SMILES string of the molecule is Cl.NC(=O)[C@H](N)Cc1cccc(Cl)c1. The molecule has 0 unspecified atom stereocenters. The third kappa shape index (κ3) is 3.96. The average molecular weight is 235 g/mol. The van der Waals surface area contributed by atoms with Crippen LogP contribution >= 0.6 is 24.0 Å². The number of hydrogen-bond acceptors (Lipinski definition) is 2. The maximum absolute atomic E-state index is 10.7. The molecule has 0 aromatic heterocycles. The molecule has 0 bridgehead atoms. The Kier molecular flexibility index (Phi) is 5.53. The molecule has 0 radical (unpaired) electrons. The summed E-state index contributed by atoms with van der Waals surface area (Å²) in [5.41, 5.74) is 11.4. The molecule has 0 spiro atoms. The molecule has 1 amide bonds. The highest BCUT2D eigenvalue weighted by Crippen LogP contribution is 2.11. The van der Waals surface area contributed by atoms with Crippen molar-refractivity contribution in [2.75, 3.05) is 0 Å². The molecule has 0 fully saturated rings. The quantitative estimate of drug-likeness (QED) is 0.824. The fraction of sp³-hybridized carbons (Fsp3) is 0.222. The first-order chi connectivity index (χ1) is 6.09. The van der Waals surface area contributed by atoms with Crippen LogP contribution in [0, 0.1) is 0 Å². The van der Waals surface area contributed by atoms with E-state index in [1.165, 1.54) is 0 Å². The molecule has 1 rings (SSSR count). The fourth-order valence-corrected chi connectivity index (χ4v) is 1.23. The summed E-state index contributed by atoms with van der Waals surface area (Å²) >= 11 is 5.75. The van der Waals surface area contributed by atoms with Gasteiger partial charge < -0.3 is 11.5 Å². The Bertz CT molecular complexity index is 317. The fourth-order valence-electron chi connectivity index (χ4n) is 1.02. The van der Waals surface area contributed by atoms with E-state index in [-0.39, 0.29) is 12.4 Å². The van der Waals surface area contributed by atoms with Gasteiger partial charge in [0, 0.05) is 5.02 Å². The van der Waals surface area contributed by atoms with Gasteiger partial charge in [-0.25, -0.2) is 0 Å². The van der Waals surface area contributed by atoms with Crippen LogP contribution in [0.2, 0.25) is 5.02 Å². The molecule has 4 N–H and O–H groups in total. The second kappa shape index (κ2) is 5.86. The molecule has 0 saturated carbocycles. The van der Waals surface area contributed by atoms with Crippen LogP contribution in [0.25, 0.3) is 0 Å². The van der Waals surface area contributed by atoms with E-state index in [2.05, 4.69) is 0 Å². The van der Waals surface area contributed by atoms with Crippen molar-refractivity contribution in [2.24, 2.45) is 11.5 Å². The van der Waals surface area contributed by atoms with Crippen molar-refractivity contribution in [3.05, 3.63) is 34.9 Å². The molecule has 5 heteroatoms. The van der Waals surface area contributed by atoms with Crippen LogP contribution in [-0.2, 0) is 11.2 Å². The van der Waals surface area contributed by atoms with Gasteiger partial charge in [-0.1, -0.05) is 23.7 Å². The van der Waals surface area contributed by atoms with Gasteiger partial charge >= 0.3 is 0 Å². The Morgan fingerprint density at radius 3 is 2.64 bits per heavy atom. The molecule has 78 valence electrons. The van der Waals surface area contributed by atoms with E-state index in [0.29, 0.717) is 11.4 Å². The molecule has 1 aromatic carbocycles. The monoisotopic (exact) mass is 234 g/mol. The number of amides is 1. The smallest absolute Gasteiger partial charge is 0.234 e. The zero-order valence-corrected chi connectivity index (χ0v) is 9.02. The van der Waals surface area contributed by atoms with Crippen LogP contribution in [0.5, 0.6) is 0 Å². The number of carbonyl (C=O) groups is 1. The molecular formula is C9H12Cl2N2O. The summed E-state index contributed by atoms with van der Waals surface area (Å²) in [6.45, 7) is 0. The van der Waals surface area contributed by atoms with Gasteiger partial charge in [-0.2, -0.15) is 0 Å². The molecule has 14 heavy (non-hydrogen) atoms. The molecule has 0 aliphatic heterocycles. The van der Waals surface area contributed by atoms with Crippen molar-refractivity contribution in [3.63, 3.8) is 0 Å². The number of rotatable bonds is 3. The van der Waals surface area contributed by atoms with Gasteiger partial charge in [0.15, 0.2) is 0 Å². The summed E-state index contributed by atoms with van der Waals surface area (Å²) in [4.78, 5) is 10.7. The maximum atomic E-state index is 10.7. The van der Waals surface area contributed by atoms with Crippen LogP contribution in [0.4, 0.5) is 0 Å². The molecule has 0 heterocycles. The van der Waals surface area contributed by atoms with Crippen LogP contribution in [0.1, 0.15) is 5.56 Å². The first-order valence-corrected chi connectivity index (χ1v) is 4.26. The van der Waals surface area contributed by atoms with Crippen molar-refractivity contribution in [1.29, 1.82) is 0 Å². The van der Waals surface area contributed by atoms with Crippen LogP contribution in [-0.4, -0.2) is 11.9 Å². The number of benzene rings is 1. The molecule has 1 aromatic rings. The summed E-state index contributed by atoms with van der Waals surface area (Å²) in [5.74, 6) is -0.500. The van der Waals surface area contributed by atoms with Crippen LogP contribution < -0.4 is 11.5 Å². The molecule has 0 aliphatic rings.